The van der Waals surface area contributed by atoms with E-state index in [0.29, 0.717) is 11.4 Å². The predicted molar refractivity (Wildman–Crippen MR) is 76.5 cm³/mol. The van der Waals surface area contributed by atoms with Gasteiger partial charge in [-0.15, -0.1) is 0 Å². The molecule has 0 aliphatic carbocycles. The fourth-order valence-electron chi connectivity index (χ4n) is 2.09. The van der Waals surface area contributed by atoms with Crippen molar-refractivity contribution in [3.8, 4) is 5.75 Å². The Kier molecular flexibility index (Phi) is 4.40. The Hall–Kier alpha value is -2.17. The highest BCUT2D eigenvalue weighted by Crippen LogP contribution is 2.33. The largest absolute Gasteiger partial charge is 0.495 e. The maximum atomic E-state index is 12.9. The SMILES string of the molecule is COc1cc(C)ccc1NCc1ccccc1C(F)(F)F. The van der Waals surface area contributed by atoms with Crippen molar-refractivity contribution in [1.29, 1.82) is 0 Å². The summed E-state index contributed by atoms with van der Waals surface area (Å²) >= 11 is 0. The van der Waals surface area contributed by atoms with E-state index in [1.54, 1.807) is 12.1 Å². The number of hydrogen-bond donors (Lipinski definition) is 1. The lowest BCUT2D eigenvalue weighted by Gasteiger charge is -2.15. The van der Waals surface area contributed by atoms with Crippen molar-refractivity contribution in [3.63, 3.8) is 0 Å². The second kappa shape index (κ2) is 6.08. The van der Waals surface area contributed by atoms with E-state index in [1.807, 2.05) is 19.1 Å². The summed E-state index contributed by atoms with van der Waals surface area (Å²) in [6.45, 7) is 2.00. The van der Waals surface area contributed by atoms with Crippen molar-refractivity contribution in [1.82, 2.24) is 0 Å². The van der Waals surface area contributed by atoms with Crippen LogP contribution in [-0.4, -0.2) is 7.11 Å². The molecule has 0 saturated heterocycles. The Morgan fingerprint density at radius 1 is 1.10 bits per heavy atom. The molecule has 1 N–H and O–H groups in total. The Balaban J connectivity index is 2.21. The molecular formula is C16H16F3NO. The van der Waals surface area contributed by atoms with Crippen LogP contribution in [0.5, 0.6) is 5.75 Å². The van der Waals surface area contributed by atoms with E-state index in [4.69, 9.17) is 4.74 Å². The zero-order valence-corrected chi connectivity index (χ0v) is 11.8. The van der Waals surface area contributed by atoms with Crippen molar-refractivity contribution >= 4 is 5.69 Å². The quantitative estimate of drug-likeness (QED) is 0.887. The maximum absolute atomic E-state index is 12.9. The summed E-state index contributed by atoms with van der Waals surface area (Å²) in [6, 6.07) is 11.0. The van der Waals surface area contributed by atoms with Crippen LogP contribution in [0.15, 0.2) is 42.5 Å². The molecule has 2 rings (SSSR count). The normalized spacial score (nSPS) is 11.3. The molecule has 0 heterocycles. The van der Waals surface area contributed by atoms with Gasteiger partial charge in [0.1, 0.15) is 5.75 Å². The van der Waals surface area contributed by atoms with E-state index in [2.05, 4.69) is 5.32 Å². The van der Waals surface area contributed by atoms with Gasteiger partial charge in [0.05, 0.1) is 18.4 Å². The minimum atomic E-state index is -4.35. The van der Waals surface area contributed by atoms with Gasteiger partial charge in [-0.1, -0.05) is 24.3 Å². The molecule has 0 aliphatic rings. The van der Waals surface area contributed by atoms with Crippen molar-refractivity contribution in [3.05, 3.63) is 59.2 Å². The molecule has 112 valence electrons. The monoisotopic (exact) mass is 295 g/mol. The molecule has 0 spiro atoms. The first kappa shape index (κ1) is 15.2. The molecule has 0 atom stereocenters. The fraction of sp³-hybridized carbons (Fsp3) is 0.250. The molecule has 2 aromatic rings. The topological polar surface area (TPSA) is 21.3 Å². The summed E-state index contributed by atoms with van der Waals surface area (Å²) in [4.78, 5) is 0. The third-order valence-corrected chi connectivity index (χ3v) is 3.15. The van der Waals surface area contributed by atoms with Gasteiger partial charge in [-0.25, -0.2) is 0 Å². The zero-order chi connectivity index (χ0) is 15.5. The number of methoxy groups -OCH3 is 1. The number of halogens is 3. The van der Waals surface area contributed by atoms with E-state index in [0.717, 1.165) is 11.6 Å². The fourth-order valence-corrected chi connectivity index (χ4v) is 2.09. The number of alkyl halides is 3. The Labute approximate surface area is 121 Å². The van der Waals surface area contributed by atoms with Gasteiger partial charge in [0, 0.05) is 6.54 Å². The molecule has 0 unspecified atom stereocenters. The van der Waals surface area contributed by atoms with Crippen LogP contribution in [0.1, 0.15) is 16.7 Å². The lowest BCUT2D eigenvalue weighted by molar-refractivity contribution is -0.138. The molecule has 0 saturated carbocycles. The summed E-state index contributed by atoms with van der Waals surface area (Å²) in [5.74, 6) is 0.611. The Morgan fingerprint density at radius 2 is 1.81 bits per heavy atom. The summed E-state index contributed by atoms with van der Waals surface area (Å²) in [5, 5.41) is 3.00. The molecule has 2 aromatic carbocycles. The standard InChI is InChI=1S/C16H16F3NO/c1-11-7-8-14(15(9-11)21-2)20-10-12-5-3-4-6-13(12)16(17,18)19/h3-9,20H,10H2,1-2H3. The van der Waals surface area contributed by atoms with Gasteiger partial charge >= 0.3 is 6.18 Å². The van der Waals surface area contributed by atoms with E-state index < -0.39 is 11.7 Å². The van der Waals surface area contributed by atoms with E-state index >= 15 is 0 Å². The Bertz CT molecular complexity index is 623. The molecule has 0 aliphatic heterocycles. The van der Waals surface area contributed by atoms with Crippen LogP contribution >= 0.6 is 0 Å². The lowest BCUT2D eigenvalue weighted by Crippen LogP contribution is -2.12. The average Bonchev–Trinajstić information content (AvgIpc) is 2.45. The number of aryl methyl sites for hydroxylation is 1. The molecule has 0 bridgehead atoms. The van der Waals surface area contributed by atoms with E-state index in [-0.39, 0.29) is 12.1 Å². The lowest BCUT2D eigenvalue weighted by atomic mass is 10.1. The third-order valence-electron chi connectivity index (χ3n) is 3.15. The van der Waals surface area contributed by atoms with Gasteiger partial charge in [0.2, 0.25) is 0 Å². The Morgan fingerprint density at radius 3 is 2.48 bits per heavy atom. The summed E-state index contributed by atoms with van der Waals surface area (Å²) < 4.78 is 44.0. The van der Waals surface area contributed by atoms with Crippen LogP contribution in [0.3, 0.4) is 0 Å². The van der Waals surface area contributed by atoms with Crippen molar-refractivity contribution < 1.29 is 17.9 Å². The van der Waals surface area contributed by atoms with E-state index in [1.165, 1.54) is 19.2 Å². The second-order valence-corrected chi connectivity index (χ2v) is 4.71. The first-order chi connectivity index (χ1) is 9.91. The summed E-state index contributed by atoms with van der Waals surface area (Å²) in [6.07, 6.45) is -4.35. The summed E-state index contributed by atoms with van der Waals surface area (Å²) in [5.41, 5.74) is 1.27. The third kappa shape index (κ3) is 3.68. The van der Waals surface area contributed by atoms with Gasteiger partial charge in [-0.05, 0) is 36.2 Å². The first-order valence-corrected chi connectivity index (χ1v) is 6.45. The maximum Gasteiger partial charge on any atom is 0.416 e. The number of benzene rings is 2. The van der Waals surface area contributed by atoms with Gasteiger partial charge in [0.15, 0.2) is 0 Å². The van der Waals surface area contributed by atoms with Crippen molar-refractivity contribution in [2.24, 2.45) is 0 Å². The zero-order valence-electron chi connectivity index (χ0n) is 11.8. The van der Waals surface area contributed by atoms with Crippen LogP contribution in [0.25, 0.3) is 0 Å². The van der Waals surface area contributed by atoms with Gasteiger partial charge in [-0.3, -0.25) is 0 Å². The smallest absolute Gasteiger partial charge is 0.416 e. The number of rotatable bonds is 4. The number of ether oxygens (including phenoxy) is 1. The van der Waals surface area contributed by atoms with Gasteiger partial charge in [-0.2, -0.15) is 13.2 Å². The predicted octanol–water partition coefficient (Wildman–Crippen LogP) is 4.63. The molecular weight excluding hydrogens is 279 g/mol. The molecule has 5 heteroatoms. The molecule has 0 amide bonds. The van der Waals surface area contributed by atoms with Crippen LogP contribution in [0, 0.1) is 6.92 Å². The minimum Gasteiger partial charge on any atom is -0.495 e. The van der Waals surface area contributed by atoms with E-state index in [9.17, 15) is 13.2 Å². The molecule has 2 nitrogen and oxygen atoms in total. The average molecular weight is 295 g/mol. The van der Waals surface area contributed by atoms with Gasteiger partial charge in [0.25, 0.3) is 0 Å². The minimum absolute atomic E-state index is 0.0785. The number of hydrogen-bond acceptors (Lipinski definition) is 2. The summed E-state index contributed by atoms with van der Waals surface area (Å²) in [7, 11) is 1.53. The van der Waals surface area contributed by atoms with Crippen LogP contribution in [0.4, 0.5) is 18.9 Å². The van der Waals surface area contributed by atoms with Gasteiger partial charge < -0.3 is 10.1 Å². The van der Waals surface area contributed by atoms with Crippen LogP contribution in [0.2, 0.25) is 0 Å². The highest BCUT2D eigenvalue weighted by atomic mass is 19.4. The van der Waals surface area contributed by atoms with Crippen molar-refractivity contribution in [2.45, 2.75) is 19.6 Å². The highest BCUT2D eigenvalue weighted by Gasteiger charge is 2.32. The van der Waals surface area contributed by atoms with Crippen molar-refractivity contribution in [2.75, 3.05) is 12.4 Å². The second-order valence-electron chi connectivity index (χ2n) is 4.71. The van der Waals surface area contributed by atoms with Crippen LogP contribution < -0.4 is 10.1 Å². The molecule has 0 aromatic heterocycles. The highest BCUT2D eigenvalue weighted by molar-refractivity contribution is 5.58. The van der Waals surface area contributed by atoms with Crippen LogP contribution in [-0.2, 0) is 12.7 Å². The first-order valence-electron chi connectivity index (χ1n) is 6.45. The number of nitrogens with one attached hydrogen (secondary N) is 1. The molecule has 0 fully saturated rings. The molecule has 21 heavy (non-hydrogen) atoms. The number of anilines is 1. The molecule has 0 radical (unpaired) electrons.